The van der Waals surface area contributed by atoms with Crippen molar-refractivity contribution in [3.05, 3.63) is 28.8 Å². The van der Waals surface area contributed by atoms with Crippen molar-refractivity contribution < 1.29 is 8.42 Å². The second-order valence-electron chi connectivity index (χ2n) is 4.40. The van der Waals surface area contributed by atoms with Crippen molar-refractivity contribution in [1.29, 1.82) is 5.26 Å². The van der Waals surface area contributed by atoms with Gasteiger partial charge in [0, 0.05) is 13.1 Å². The van der Waals surface area contributed by atoms with Crippen LogP contribution < -0.4 is 4.83 Å². The minimum absolute atomic E-state index is 0.0567. The van der Waals surface area contributed by atoms with Gasteiger partial charge in [-0.15, -0.1) is 4.83 Å². The predicted octanol–water partition coefficient (Wildman–Crippen LogP) is 1.89. The average molecular weight is 300 g/mol. The zero-order chi connectivity index (χ0) is 13.9. The molecule has 1 aliphatic heterocycles. The molecule has 1 aliphatic rings. The van der Waals surface area contributed by atoms with Crippen molar-refractivity contribution >= 4 is 21.6 Å². The molecule has 1 aromatic rings. The van der Waals surface area contributed by atoms with E-state index < -0.39 is 10.0 Å². The van der Waals surface area contributed by atoms with Crippen LogP contribution in [0.1, 0.15) is 24.8 Å². The van der Waals surface area contributed by atoms with Gasteiger partial charge in [0.05, 0.1) is 16.7 Å². The van der Waals surface area contributed by atoms with Gasteiger partial charge in [-0.2, -0.15) is 5.26 Å². The Hall–Kier alpha value is -1.13. The van der Waals surface area contributed by atoms with Crippen molar-refractivity contribution in [2.75, 3.05) is 13.1 Å². The maximum absolute atomic E-state index is 12.2. The lowest BCUT2D eigenvalue weighted by molar-refractivity contribution is 0.200. The Bertz CT molecular complexity index is 604. The first-order valence-electron chi connectivity index (χ1n) is 6.00. The van der Waals surface area contributed by atoms with Crippen LogP contribution in [0.3, 0.4) is 0 Å². The van der Waals surface area contributed by atoms with E-state index in [1.54, 1.807) is 5.01 Å². The fourth-order valence-electron chi connectivity index (χ4n) is 1.98. The van der Waals surface area contributed by atoms with E-state index in [0.29, 0.717) is 13.1 Å². The van der Waals surface area contributed by atoms with E-state index in [2.05, 4.69) is 4.83 Å². The Labute approximate surface area is 117 Å². The van der Waals surface area contributed by atoms with Gasteiger partial charge in [0.1, 0.15) is 4.90 Å². The molecule has 0 amide bonds. The van der Waals surface area contributed by atoms with Crippen LogP contribution in [0.4, 0.5) is 0 Å². The third kappa shape index (κ3) is 3.45. The second-order valence-corrected chi connectivity index (χ2v) is 6.44. The minimum atomic E-state index is -3.73. The van der Waals surface area contributed by atoms with Crippen molar-refractivity contribution in [3.63, 3.8) is 0 Å². The number of benzene rings is 1. The summed E-state index contributed by atoms with van der Waals surface area (Å²) in [4.78, 5) is 2.46. The van der Waals surface area contributed by atoms with Crippen LogP contribution in [0.5, 0.6) is 0 Å². The van der Waals surface area contributed by atoms with Crippen LogP contribution in [-0.4, -0.2) is 26.5 Å². The lowest BCUT2D eigenvalue weighted by Gasteiger charge is -2.26. The minimum Gasteiger partial charge on any atom is -0.230 e. The molecule has 0 radical (unpaired) electrons. The third-order valence-electron chi connectivity index (χ3n) is 2.96. The maximum Gasteiger partial charge on any atom is 0.254 e. The molecule has 0 bridgehead atoms. The number of hydrazine groups is 1. The van der Waals surface area contributed by atoms with E-state index in [-0.39, 0.29) is 15.5 Å². The molecule has 1 saturated heterocycles. The summed E-state index contributed by atoms with van der Waals surface area (Å²) < 4.78 is 24.5. The number of rotatable bonds is 3. The first-order valence-corrected chi connectivity index (χ1v) is 7.86. The number of nitrogens with one attached hydrogen (secondary N) is 1. The van der Waals surface area contributed by atoms with Crippen molar-refractivity contribution in [3.8, 4) is 6.07 Å². The molecule has 5 nitrogen and oxygen atoms in total. The normalized spacial score (nSPS) is 17.1. The highest BCUT2D eigenvalue weighted by Crippen LogP contribution is 2.23. The summed E-state index contributed by atoms with van der Waals surface area (Å²) in [6, 6.07) is 6.10. The number of hydrogen-bond donors (Lipinski definition) is 1. The van der Waals surface area contributed by atoms with E-state index in [4.69, 9.17) is 16.9 Å². The topological polar surface area (TPSA) is 73.2 Å². The average Bonchev–Trinajstić information content (AvgIpc) is 2.39. The van der Waals surface area contributed by atoms with Gasteiger partial charge in [0.2, 0.25) is 0 Å². The molecule has 7 heteroatoms. The van der Waals surface area contributed by atoms with Crippen LogP contribution in [-0.2, 0) is 10.0 Å². The van der Waals surface area contributed by atoms with Gasteiger partial charge in [-0.05, 0) is 31.0 Å². The maximum atomic E-state index is 12.2. The zero-order valence-corrected chi connectivity index (χ0v) is 11.8. The van der Waals surface area contributed by atoms with Gasteiger partial charge in [-0.3, -0.25) is 0 Å². The smallest absolute Gasteiger partial charge is 0.230 e. The lowest BCUT2D eigenvalue weighted by Crippen LogP contribution is -2.44. The SMILES string of the molecule is N#Cc1ccc(Cl)c(S(=O)(=O)NN2CCCCC2)c1. The number of sulfonamides is 1. The van der Waals surface area contributed by atoms with Gasteiger partial charge in [-0.25, -0.2) is 13.4 Å². The largest absolute Gasteiger partial charge is 0.254 e. The van der Waals surface area contributed by atoms with Gasteiger partial charge in [0.15, 0.2) is 0 Å². The van der Waals surface area contributed by atoms with E-state index in [0.717, 1.165) is 19.3 Å². The molecule has 1 aromatic carbocycles. The number of nitriles is 1. The summed E-state index contributed by atoms with van der Waals surface area (Å²) in [6.07, 6.45) is 3.05. The molecule has 0 atom stereocenters. The summed E-state index contributed by atoms with van der Waals surface area (Å²) in [5.41, 5.74) is 0.267. The molecule has 2 rings (SSSR count). The fraction of sp³-hybridized carbons (Fsp3) is 0.417. The zero-order valence-electron chi connectivity index (χ0n) is 10.3. The number of halogens is 1. The third-order valence-corrected chi connectivity index (χ3v) is 4.81. The molecule has 0 saturated carbocycles. The Morgan fingerprint density at radius 3 is 2.58 bits per heavy atom. The molecule has 1 N–H and O–H groups in total. The number of nitrogens with zero attached hydrogens (tertiary/aromatic N) is 2. The summed E-state index contributed by atoms with van der Waals surface area (Å²) in [6.45, 7) is 1.38. The predicted molar refractivity (Wildman–Crippen MR) is 71.9 cm³/mol. The van der Waals surface area contributed by atoms with Crippen LogP contribution in [0.25, 0.3) is 0 Å². The second kappa shape index (κ2) is 5.88. The van der Waals surface area contributed by atoms with Crippen molar-refractivity contribution in [1.82, 2.24) is 9.84 Å². The first-order chi connectivity index (χ1) is 9.03. The Kier molecular flexibility index (Phi) is 4.42. The van der Waals surface area contributed by atoms with E-state index in [1.807, 2.05) is 6.07 Å². The molecule has 1 heterocycles. The molecule has 0 aliphatic carbocycles. The van der Waals surface area contributed by atoms with Gasteiger partial charge >= 0.3 is 0 Å². The molecule has 0 aromatic heterocycles. The Morgan fingerprint density at radius 2 is 1.95 bits per heavy atom. The van der Waals surface area contributed by atoms with Crippen LogP contribution >= 0.6 is 11.6 Å². The molecule has 102 valence electrons. The summed E-state index contributed by atoms with van der Waals surface area (Å²) >= 11 is 5.91. The quantitative estimate of drug-likeness (QED) is 0.925. The van der Waals surface area contributed by atoms with Crippen LogP contribution in [0.15, 0.2) is 23.1 Å². The first kappa shape index (κ1) is 14.3. The Morgan fingerprint density at radius 1 is 1.26 bits per heavy atom. The lowest BCUT2D eigenvalue weighted by atomic mass is 10.2. The molecule has 0 spiro atoms. The summed E-state index contributed by atoms with van der Waals surface area (Å²) in [5, 5.41) is 10.6. The Balaban J connectivity index is 2.26. The van der Waals surface area contributed by atoms with Gasteiger partial charge < -0.3 is 0 Å². The molecular weight excluding hydrogens is 286 g/mol. The molecule has 0 unspecified atom stereocenters. The van der Waals surface area contributed by atoms with Crippen LogP contribution in [0.2, 0.25) is 5.02 Å². The molecule has 19 heavy (non-hydrogen) atoms. The van der Waals surface area contributed by atoms with Gasteiger partial charge in [0.25, 0.3) is 10.0 Å². The van der Waals surface area contributed by atoms with E-state index in [1.165, 1.54) is 18.2 Å². The van der Waals surface area contributed by atoms with Crippen molar-refractivity contribution in [2.45, 2.75) is 24.2 Å². The fourth-order valence-corrected chi connectivity index (χ4v) is 3.63. The van der Waals surface area contributed by atoms with E-state index >= 15 is 0 Å². The number of hydrogen-bond acceptors (Lipinski definition) is 4. The molecule has 1 fully saturated rings. The molecular formula is C12H14ClN3O2S. The highest BCUT2D eigenvalue weighted by atomic mass is 35.5. The summed E-state index contributed by atoms with van der Waals surface area (Å²) in [5.74, 6) is 0. The standard InChI is InChI=1S/C12H14ClN3O2S/c13-11-5-4-10(9-14)8-12(11)19(17,18)15-16-6-2-1-3-7-16/h4-5,8,15H,1-3,6-7H2. The number of piperidine rings is 1. The van der Waals surface area contributed by atoms with Crippen LogP contribution in [0, 0.1) is 11.3 Å². The van der Waals surface area contributed by atoms with Gasteiger partial charge in [-0.1, -0.05) is 18.0 Å². The highest BCUT2D eigenvalue weighted by Gasteiger charge is 2.22. The van der Waals surface area contributed by atoms with Crippen molar-refractivity contribution in [2.24, 2.45) is 0 Å². The van der Waals surface area contributed by atoms with E-state index in [9.17, 15) is 8.42 Å². The monoisotopic (exact) mass is 299 g/mol. The summed E-state index contributed by atoms with van der Waals surface area (Å²) in [7, 11) is -3.73. The highest BCUT2D eigenvalue weighted by molar-refractivity contribution is 7.89.